The summed E-state index contributed by atoms with van der Waals surface area (Å²) in [5, 5.41) is 0. The molecule has 1 aliphatic rings. The molecule has 0 saturated heterocycles. The maximum absolute atomic E-state index is 12.3. The molecule has 0 aromatic heterocycles. The Morgan fingerprint density at radius 2 is 2.24 bits per heavy atom. The molecule has 1 heterocycles. The summed E-state index contributed by atoms with van der Waals surface area (Å²) in [5.74, 6) is 0.536. The fourth-order valence-electron chi connectivity index (χ4n) is 2.61. The molecule has 1 aromatic carbocycles. The average molecular weight is 292 g/mol. The van der Waals surface area contributed by atoms with Crippen molar-refractivity contribution in [2.75, 3.05) is 17.2 Å². The van der Waals surface area contributed by atoms with Crippen molar-refractivity contribution in [3.05, 3.63) is 18.2 Å². The number of benzene rings is 1. The first-order valence-corrected chi connectivity index (χ1v) is 7.45. The van der Waals surface area contributed by atoms with Crippen LogP contribution in [0.15, 0.2) is 18.2 Å². The van der Waals surface area contributed by atoms with Crippen LogP contribution in [0.5, 0.6) is 5.75 Å². The van der Waals surface area contributed by atoms with Crippen LogP contribution in [-0.2, 0) is 9.53 Å². The van der Waals surface area contributed by atoms with Crippen molar-refractivity contribution in [2.45, 2.75) is 52.4 Å². The maximum Gasteiger partial charge on any atom is 0.329 e. The standard InChI is InChI=1S/C16H24N2O3/c1-5-13(16(19)20-10(2)3)18-9-11(4)21-15-8-12(17)6-7-14(15)18/h6-8,10-11,13H,5,9,17H2,1-4H3. The molecule has 0 amide bonds. The van der Waals surface area contributed by atoms with Gasteiger partial charge in [-0.25, -0.2) is 4.79 Å². The molecule has 0 saturated carbocycles. The van der Waals surface area contributed by atoms with Crippen molar-refractivity contribution >= 4 is 17.3 Å². The summed E-state index contributed by atoms with van der Waals surface area (Å²) in [6, 6.07) is 5.23. The van der Waals surface area contributed by atoms with Crippen molar-refractivity contribution in [1.29, 1.82) is 0 Å². The molecule has 0 radical (unpaired) electrons. The number of nitrogen functional groups attached to an aromatic ring is 1. The van der Waals surface area contributed by atoms with Gasteiger partial charge < -0.3 is 20.1 Å². The van der Waals surface area contributed by atoms with Crippen LogP contribution >= 0.6 is 0 Å². The van der Waals surface area contributed by atoms with Gasteiger partial charge in [0, 0.05) is 11.8 Å². The minimum Gasteiger partial charge on any atom is -0.487 e. The van der Waals surface area contributed by atoms with Gasteiger partial charge in [-0.1, -0.05) is 6.92 Å². The van der Waals surface area contributed by atoms with Crippen LogP contribution in [-0.4, -0.2) is 30.8 Å². The number of fused-ring (bicyclic) bond motifs is 1. The predicted molar refractivity (Wildman–Crippen MR) is 83.6 cm³/mol. The molecule has 0 spiro atoms. The van der Waals surface area contributed by atoms with Gasteiger partial charge in [-0.2, -0.15) is 0 Å². The summed E-state index contributed by atoms with van der Waals surface area (Å²) in [6.45, 7) is 8.36. The van der Waals surface area contributed by atoms with E-state index in [1.54, 1.807) is 6.07 Å². The largest absolute Gasteiger partial charge is 0.487 e. The van der Waals surface area contributed by atoms with Crippen molar-refractivity contribution in [3.8, 4) is 5.75 Å². The number of ether oxygens (including phenoxy) is 2. The lowest BCUT2D eigenvalue weighted by molar-refractivity contribution is -0.149. The molecule has 2 N–H and O–H groups in total. The third kappa shape index (κ3) is 3.40. The number of nitrogens with zero attached hydrogens (tertiary/aromatic N) is 1. The predicted octanol–water partition coefficient (Wildman–Crippen LogP) is 2.59. The normalized spacial score (nSPS) is 18.9. The summed E-state index contributed by atoms with van der Waals surface area (Å²) >= 11 is 0. The van der Waals surface area contributed by atoms with Crippen molar-refractivity contribution < 1.29 is 14.3 Å². The molecule has 5 nitrogen and oxygen atoms in total. The molecule has 0 fully saturated rings. The van der Waals surface area contributed by atoms with E-state index >= 15 is 0 Å². The Kier molecular flexibility index (Phi) is 4.60. The van der Waals surface area contributed by atoms with Crippen molar-refractivity contribution in [2.24, 2.45) is 0 Å². The number of rotatable bonds is 4. The minimum absolute atomic E-state index is 0.000185. The Hall–Kier alpha value is -1.91. The van der Waals surface area contributed by atoms with E-state index in [0.29, 0.717) is 18.7 Å². The highest BCUT2D eigenvalue weighted by Gasteiger charge is 2.33. The first-order chi connectivity index (χ1) is 9.92. The molecule has 1 aromatic rings. The zero-order chi connectivity index (χ0) is 15.6. The van der Waals surface area contributed by atoms with Crippen LogP contribution in [0.2, 0.25) is 0 Å². The molecule has 0 bridgehead atoms. The van der Waals surface area contributed by atoms with Crippen molar-refractivity contribution in [3.63, 3.8) is 0 Å². The van der Waals surface area contributed by atoms with Crippen LogP contribution in [0.3, 0.4) is 0 Å². The highest BCUT2D eigenvalue weighted by molar-refractivity contribution is 5.82. The molecule has 2 atom stereocenters. The molecule has 2 unspecified atom stereocenters. The first-order valence-electron chi connectivity index (χ1n) is 7.45. The van der Waals surface area contributed by atoms with E-state index in [1.165, 1.54) is 0 Å². The SMILES string of the molecule is CCC(C(=O)OC(C)C)N1CC(C)Oc2cc(N)ccc21. The Balaban J connectivity index is 2.32. The van der Waals surface area contributed by atoms with E-state index in [2.05, 4.69) is 4.90 Å². The molecular weight excluding hydrogens is 268 g/mol. The third-order valence-electron chi connectivity index (χ3n) is 3.46. The molecule has 0 aliphatic carbocycles. The van der Waals surface area contributed by atoms with E-state index in [-0.39, 0.29) is 24.2 Å². The Morgan fingerprint density at radius 1 is 1.52 bits per heavy atom. The lowest BCUT2D eigenvalue weighted by Crippen LogP contribution is -2.49. The van der Waals surface area contributed by atoms with Gasteiger partial charge in [-0.05, 0) is 39.3 Å². The van der Waals surface area contributed by atoms with E-state index in [0.717, 1.165) is 11.4 Å². The Morgan fingerprint density at radius 3 is 2.86 bits per heavy atom. The van der Waals surface area contributed by atoms with Gasteiger partial charge in [0.25, 0.3) is 0 Å². The van der Waals surface area contributed by atoms with Crippen LogP contribution in [0.25, 0.3) is 0 Å². The van der Waals surface area contributed by atoms with Gasteiger partial charge >= 0.3 is 5.97 Å². The van der Waals surface area contributed by atoms with Gasteiger partial charge in [0.05, 0.1) is 18.3 Å². The molecule has 21 heavy (non-hydrogen) atoms. The molecule has 2 rings (SSSR count). The number of nitrogens with two attached hydrogens (primary N) is 1. The summed E-state index contributed by atoms with van der Waals surface area (Å²) in [6.07, 6.45) is 0.568. The van der Waals surface area contributed by atoms with Gasteiger partial charge in [-0.3, -0.25) is 0 Å². The highest BCUT2D eigenvalue weighted by Crippen LogP contribution is 2.36. The summed E-state index contributed by atoms with van der Waals surface area (Å²) < 4.78 is 11.2. The molecular formula is C16H24N2O3. The zero-order valence-electron chi connectivity index (χ0n) is 13.1. The number of carbonyl (C=O) groups is 1. The van der Waals surface area contributed by atoms with E-state index in [9.17, 15) is 4.79 Å². The van der Waals surface area contributed by atoms with Crippen LogP contribution in [0, 0.1) is 0 Å². The summed E-state index contributed by atoms with van der Waals surface area (Å²) in [4.78, 5) is 14.4. The second-order valence-corrected chi connectivity index (χ2v) is 5.72. The minimum atomic E-state index is -0.305. The maximum atomic E-state index is 12.3. The number of carbonyl (C=O) groups excluding carboxylic acids is 1. The van der Waals surface area contributed by atoms with Crippen molar-refractivity contribution in [1.82, 2.24) is 0 Å². The van der Waals surface area contributed by atoms with Gasteiger partial charge in [-0.15, -0.1) is 0 Å². The lowest BCUT2D eigenvalue weighted by Gasteiger charge is -2.39. The van der Waals surface area contributed by atoms with Gasteiger partial charge in [0.2, 0.25) is 0 Å². The van der Waals surface area contributed by atoms with Crippen LogP contribution in [0.4, 0.5) is 11.4 Å². The van der Waals surface area contributed by atoms with E-state index in [1.807, 2.05) is 39.8 Å². The first kappa shape index (κ1) is 15.5. The Bertz CT molecular complexity index is 516. The fourth-order valence-corrected chi connectivity index (χ4v) is 2.61. The molecule has 116 valence electrons. The smallest absolute Gasteiger partial charge is 0.329 e. The second kappa shape index (κ2) is 6.24. The topological polar surface area (TPSA) is 64.8 Å². The summed E-state index contributed by atoms with van der Waals surface area (Å²) in [7, 11) is 0. The number of anilines is 2. The highest BCUT2D eigenvalue weighted by atomic mass is 16.5. The van der Waals surface area contributed by atoms with E-state index < -0.39 is 0 Å². The Labute approximate surface area is 126 Å². The molecule has 5 heteroatoms. The fraction of sp³-hybridized carbons (Fsp3) is 0.562. The monoisotopic (exact) mass is 292 g/mol. The number of esters is 1. The van der Waals surface area contributed by atoms with Gasteiger partial charge in [0.1, 0.15) is 17.9 Å². The zero-order valence-corrected chi connectivity index (χ0v) is 13.1. The number of hydrogen-bond donors (Lipinski definition) is 1. The second-order valence-electron chi connectivity index (χ2n) is 5.72. The lowest BCUT2D eigenvalue weighted by atomic mass is 10.1. The van der Waals surface area contributed by atoms with Gasteiger partial charge in [0.15, 0.2) is 0 Å². The van der Waals surface area contributed by atoms with Crippen LogP contribution in [0.1, 0.15) is 34.1 Å². The average Bonchev–Trinajstić information content (AvgIpc) is 2.37. The third-order valence-corrected chi connectivity index (χ3v) is 3.46. The van der Waals surface area contributed by atoms with E-state index in [4.69, 9.17) is 15.2 Å². The quantitative estimate of drug-likeness (QED) is 0.682. The number of hydrogen-bond acceptors (Lipinski definition) is 5. The molecule has 1 aliphatic heterocycles. The summed E-state index contributed by atoms with van der Waals surface area (Å²) in [5.41, 5.74) is 7.37. The van der Waals surface area contributed by atoms with Crippen LogP contribution < -0.4 is 15.4 Å².